The molecule has 0 N–H and O–H groups in total. The van der Waals surface area contributed by atoms with Crippen LogP contribution in [0.2, 0.25) is 0 Å². The largest absolute Gasteiger partial charge is 0.494 e. The van der Waals surface area contributed by atoms with E-state index in [-0.39, 0.29) is 10.8 Å². The number of methoxy groups -OCH3 is 1. The fraction of sp³-hybridized carbons (Fsp3) is 0.339. The lowest BCUT2D eigenvalue weighted by atomic mass is 9.87. The van der Waals surface area contributed by atoms with Crippen LogP contribution in [0, 0.1) is 69.2 Å². The van der Waals surface area contributed by atoms with Crippen molar-refractivity contribution >= 4 is 11.3 Å². The van der Waals surface area contributed by atoms with Crippen molar-refractivity contribution in [3.8, 4) is 130 Å². The summed E-state index contributed by atoms with van der Waals surface area (Å²) in [6.45, 7) is 41.2. The predicted octanol–water partition coefficient (Wildman–Crippen LogP) is 30.7. The minimum Gasteiger partial charge on any atom is -0.494 e. The molecule has 0 aliphatic heterocycles. The molecule has 0 atom stereocenters. The molecule has 0 unspecified atom stereocenters. The van der Waals surface area contributed by atoms with Gasteiger partial charge in [0.2, 0.25) is 47.1 Å². The molecule has 5 aromatic heterocycles. The van der Waals surface area contributed by atoms with Crippen molar-refractivity contribution in [1.82, 2.24) is 51.0 Å². The van der Waals surface area contributed by atoms with Crippen molar-refractivity contribution in [2.24, 2.45) is 0 Å². The highest BCUT2D eigenvalue weighted by Gasteiger charge is 2.22. The second kappa shape index (κ2) is 48.6. The monoisotopic (exact) mass is 1800 g/mol. The maximum absolute atomic E-state index is 5.95. The first kappa shape index (κ1) is 99.3. The summed E-state index contributed by atoms with van der Waals surface area (Å²) >= 11 is 1.67. The molecule has 0 saturated heterocycles. The molecule has 11 aromatic carbocycles. The van der Waals surface area contributed by atoms with Crippen molar-refractivity contribution < 1.29 is 31.9 Å². The topological polar surface area (TPSA) is 209 Å². The molecule has 690 valence electrons. The second-order valence-electron chi connectivity index (χ2n) is 36.8. The molecule has 17 nitrogen and oxygen atoms in total. The van der Waals surface area contributed by atoms with Crippen LogP contribution in [0.5, 0.6) is 5.75 Å². The third-order valence-electron chi connectivity index (χ3n) is 23.5. The van der Waals surface area contributed by atoms with Gasteiger partial charge in [-0.3, -0.25) is 0 Å². The predicted molar refractivity (Wildman–Crippen MR) is 544 cm³/mol. The average Bonchev–Trinajstić information content (AvgIpc) is 1.45. The Balaban J connectivity index is 0.000000150. The minimum absolute atomic E-state index is 0.121. The van der Waals surface area contributed by atoms with E-state index in [1.165, 1.54) is 155 Å². The summed E-state index contributed by atoms with van der Waals surface area (Å²) in [6.07, 6.45) is 17.7. The van der Waals surface area contributed by atoms with Crippen LogP contribution in [0.3, 0.4) is 0 Å². The number of benzene rings is 11. The number of hydrogen-bond acceptors (Lipinski definition) is 18. The van der Waals surface area contributed by atoms with Gasteiger partial charge in [0.25, 0.3) is 0 Å². The summed E-state index contributed by atoms with van der Waals surface area (Å²) in [7, 11) is 1.67. The molecule has 0 bridgehead atoms. The summed E-state index contributed by atoms with van der Waals surface area (Å²) in [5.41, 5.74) is 29.8. The third-order valence-corrected chi connectivity index (χ3v) is 24.5. The highest BCUT2D eigenvalue weighted by Crippen LogP contribution is 2.37. The minimum atomic E-state index is 0.121. The first-order valence-electron chi connectivity index (χ1n) is 47.0. The lowest BCUT2D eigenvalue weighted by Gasteiger charge is -2.18. The van der Waals surface area contributed by atoms with E-state index >= 15 is 0 Å². The second-order valence-corrected chi connectivity index (χ2v) is 37.8. The quantitative estimate of drug-likeness (QED) is 0.0359. The normalized spacial score (nSPS) is 11.3. The standard InChI is InChI=1S/C26H26N2O.C24H30N2O2.C24H30N2S.C21H24N2O3.C20H22N2O/c1-17-6-7-18(2)23(16-17)19-8-10-20(11-9-19)24-27-28-25(29-24)21-12-14-22(15-13-21)26(3,4)5;1-4-5-6-7-8-9-16-27-21-14-12-20(13-15-21)23-25-26-24(28-23)22-17-18(2)10-11-19(22)3;1-4-5-6-7-8-9-10-20-13-15-21(16-14-20)23-25-26-24(27-23)22-17-18(2)11-12-19(22)3;1-15-4-5-16(2)19(14-15)21-23-22-20(26-21)18-8-6-17(7-9-18)10-11-25-13-12-24-3;1-13-6-7-14(2)17(12-13)19-22-21-18(23-19)15-8-10-16(11-9-15)20(3,4)5/h6-16H,1-5H3;10-15,17H,4-9,16H2,1-3H3;11-17H,4-10H2,1-3H3;4-9,14H,10-13H2,1-3H3;6-12H,1-5H3. The van der Waals surface area contributed by atoms with Gasteiger partial charge in [-0.2, -0.15) is 0 Å². The molecule has 5 heterocycles. The summed E-state index contributed by atoms with van der Waals surface area (Å²) in [5, 5.41) is 44.7. The summed E-state index contributed by atoms with van der Waals surface area (Å²) < 4.78 is 40.0. The van der Waals surface area contributed by atoms with Crippen LogP contribution in [0.15, 0.2) is 254 Å². The van der Waals surface area contributed by atoms with Crippen molar-refractivity contribution in [2.45, 2.75) is 225 Å². The molecular formula is C115H132N10O7S. The van der Waals surface area contributed by atoms with Crippen molar-refractivity contribution in [3.05, 3.63) is 314 Å². The zero-order valence-electron chi connectivity index (χ0n) is 81.5. The highest BCUT2D eigenvalue weighted by molar-refractivity contribution is 7.18. The number of ether oxygens (including phenoxy) is 3. The number of nitrogens with zero attached hydrogens (tertiary/aromatic N) is 10. The van der Waals surface area contributed by atoms with Gasteiger partial charge in [-0.25, -0.2) is 0 Å². The number of rotatable bonds is 32. The van der Waals surface area contributed by atoms with E-state index in [0.29, 0.717) is 66.9 Å². The molecule has 0 aliphatic carbocycles. The number of unbranched alkanes of at least 4 members (excludes halogenated alkanes) is 10. The zero-order chi connectivity index (χ0) is 94.4. The van der Waals surface area contributed by atoms with Gasteiger partial charge in [-0.1, -0.05) is 298 Å². The Kier molecular flexibility index (Phi) is 36.3. The molecule has 16 rings (SSSR count). The Bertz CT molecular complexity index is 6290. The van der Waals surface area contributed by atoms with E-state index in [2.05, 4.69) is 332 Å². The van der Waals surface area contributed by atoms with E-state index in [1.54, 1.807) is 18.4 Å². The fourth-order valence-electron chi connectivity index (χ4n) is 15.1. The van der Waals surface area contributed by atoms with Gasteiger partial charge in [0, 0.05) is 62.7 Å². The van der Waals surface area contributed by atoms with Gasteiger partial charge in [-0.05, 0) is 264 Å². The lowest BCUT2D eigenvalue weighted by Crippen LogP contribution is -2.10. The molecule has 133 heavy (non-hydrogen) atoms. The molecule has 18 heteroatoms. The summed E-state index contributed by atoms with van der Waals surface area (Å²) in [5.74, 6) is 5.25. The third kappa shape index (κ3) is 29.1. The first-order valence-corrected chi connectivity index (χ1v) is 47.9. The van der Waals surface area contributed by atoms with Gasteiger partial charge in [0.15, 0.2) is 0 Å². The van der Waals surface area contributed by atoms with Crippen LogP contribution in [0.25, 0.3) is 124 Å². The van der Waals surface area contributed by atoms with E-state index in [9.17, 15) is 0 Å². The van der Waals surface area contributed by atoms with Gasteiger partial charge >= 0.3 is 0 Å². The zero-order valence-corrected chi connectivity index (χ0v) is 82.3. The van der Waals surface area contributed by atoms with Crippen LogP contribution in [-0.4, -0.2) is 84.5 Å². The van der Waals surface area contributed by atoms with Crippen molar-refractivity contribution in [2.75, 3.05) is 33.5 Å². The van der Waals surface area contributed by atoms with Crippen LogP contribution in [0.1, 0.15) is 210 Å². The Morgan fingerprint density at radius 1 is 0.263 bits per heavy atom. The average molecular weight is 1800 g/mol. The van der Waals surface area contributed by atoms with Gasteiger partial charge < -0.3 is 31.9 Å². The van der Waals surface area contributed by atoms with E-state index in [0.717, 1.165) is 102 Å². The van der Waals surface area contributed by atoms with Crippen LogP contribution >= 0.6 is 11.3 Å². The molecule has 16 aromatic rings. The SMILES string of the molecule is CCCCCCCCOc1ccc(-c2nnc(-c3cc(C)ccc3C)o2)cc1.CCCCCCCCc1ccc(-c2nnc(-c3cc(C)ccc3C)s2)cc1.COCCOCCc1ccc(-c2nnc(-c3cc(C)ccc3C)o2)cc1.Cc1ccc(C)c(-c2ccc(-c3nnc(-c4ccc(C(C)(C)C)cc4)o3)cc2)c1.Cc1ccc(C)c(-c2nnc(-c3ccc(C(C)(C)C)cc3)o2)c1. The first-order chi connectivity index (χ1) is 64.2. The Labute approximate surface area is 792 Å². The molecule has 0 aliphatic rings. The molecule has 0 saturated carbocycles. The maximum Gasteiger partial charge on any atom is 0.248 e. The van der Waals surface area contributed by atoms with E-state index in [4.69, 9.17) is 31.9 Å². The Morgan fingerprint density at radius 2 is 0.571 bits per heavy atom. The number of hydrogen-bond donors (Lipinski definition) is 0. The number of aryl methyl sites for hydroxylation is 11. The van der Waals surface area contributed by atoms with Gasteiger partial charge in [0.1, 0.15) is 15.8 Å². The van der Waals surface area contributed by atoms with Crippen LogP contribution in [-0.2, 0) is 33.1 Å². The lowest BCUT2D eigenvalue weighted by molar-refractivity contribution is 0.0722. The molecule has 0 spiro atoms. The smallest absolute Gasteiger partial charge is 0.248 e. The molecule has 0 amide bonds. The number of aromatic nitrogens is 10. The fourth-order valence-corrected chi connectivity index (χ4v) is 16.0. The highest BCUT2D eigenvalue weighted by atomic mass is 32.1. The molecule has 0 radical (unpaired) electrons. The summed E-state index contributed by atoms with van der Waals surface area (Å²) in [4.78, 5) is 0. The van der Waals surface area contributed by atoms with E-state index in [1.807, 2.05) is 79.7 Å². The Hall–Kier alpha value is -12.7. The van der Waals surface area contributed by atoms with Crippen LogP contribution in [0.4, 0.5) is 0 Å². The maximum atomic E-state index is 5.95. The molecular weight excluding hydrogens is 1670 g/mol. The Morgan fingerprint density at radius 3 is 0.977 bits per heavy atom. The van der Waals surface area contributed by atoms with Gasteiger partial charge in [0.05, 0.1) is 26.4 Å². The van der Waals surface area contributed by atoms with Crippen LogP contribution < -0.4 is 4.74 Å². The summed E-state index contributed by atoms with van der Waals surface area (Å²) in [6, 6.07) is 81.6. The van der Waals surface area contributed by atoms with Crippen molar-refractivity contribution in [3.63, 3.8) is 0 Å². The van der Waals surface area contributed by atoms with Crippen molar-refractivity contribution in [1.29, 1.82) is 0 Å². The molecule has 0 fully saturated rings. The van der Waals surface area contributed by atoms with E-state index < -0.39 is 0 Å². The van der Waals surface area contributed by atoms with Gasteiger partial charge in [-0.15, -0.1) is 51.0 Å².